The van der Waals surface area contributed by atoms with Crippen molar-refractivity contribution in [3.8, 4) is 5.75 Å². The maximum atomic E-state index is 13.5. The molecule has 2 aromatic carbocycles. The first-order chi connectivity index (χ1) is 16.9. The van der Waals surface area contributed by atoms with E-state index in [-0.39, 0.29) is 12.5 Å². The normalized spacial score (nSPS) is 19.5. The summed E-state index contributed by atoms with van der Waals surface area (Å²) in [7, 11) is 4.18. The number of carbonyl (C=O) groups is 2. The van der Waals surface area contributed by atoms with Gasteiger partial charge < -0.3 is 14.2 Å². The lowest BCUT2D eigenvalue weighted by Crippen LogP contribution is -2.51. The summed E-state index contributed by atoms with van der Waals surface area (Å²) in [5, 5.41) is 3.64. The molecule has 0 amide bonds. The Hall–Kier alpha value is -3.36. The molecule has 1 aromatic heterocycles. The highest BCUT2D eigenvalue weighted by molar-refractivity contribution is 7.10. The molecule has 1 aliphatic rings. The molecule has 0 bridgehead atoms. The van der Waals surface area contributed by atoms with Crippen LogP contribution in [-0.2, 0) is 23.9 Å². The van der Waals surface area contributed by atoms with E-state index >= 15 is 0 Å². The van der Waals surface area contributed by atoms with Crippen molar-refractivity contribution in [1.82, 2.24) is 0 Å². The molecule has 4 rings (SSSR count). The van der Waals surface area contributed by atoms with Crippen molar-refractivity contribution in [2.24, 2.45) is 5.41 Å². The molecule has 0 spiro atoms. The van der Waals surface area contributed by atoms with Gasteiger partial charge in [0.25, 0.3) is 0 Å². The number of hydrogen-bond donors (Lipinski definition) is 0. The van der Waals surface area contributed by atoms with Crippen LogP contribution >= 0.6 is 11.3 Å². The number of methoxy groups -OCH3 is 3. The second-order valence-electron chi connectivity index (χ2n) is 8.44. The second kappa shape index (κ2) is 10.5. The number of carbonyl (C=O) groups excluding carboxylic acids is 2. The first-order valence-corrected chi connectivity index (χ1v) is 12.2. The lowest BCUT2D eigenvalue weighted by atomic mass is 9.72. The lowest BCUT2D eigenvalue weighted by Gasteiger charge is -2.40. The molecule has 8 heteroatoms. The molecule has 2 heterocycles. The molecule has 1 fully saturated rings. The van der Waals surface area contributed by atoms with Crippen molar-refractivity contribution in [3.05, 3.63) is 82.0 Å². The standard InChI is InChI=1S/C27H29NO6S/c1-18-7-9-19(10-8-18)24-27(25(29)32-3,26(30)33-4)16-15-22(23-6-5-17-35-23)34-28(24)20-11-13-21(31-2)14-12-20/h5-14,17,22,24H,15-16H2,1-4H3/t22-,24-/m1/s1. The van der Waals surface area contributed by atoms with Gasteiger partial charge in [0.1, 0.15) is 17.9 Å². The first kappa shape index (κ1) is 24.8. The third-order valence-electron chi connectivity index (χ3n) is 6.42. The summed E-state index contributed by atoms with van der Waals surface area (Å²) < 4.78 is 15.8. The molecule has 2 atom stereocenters. The van der Waals surface area contributed by atoms with Gasteiger partial charge in [-0.25, -0.2) is 5.06 Å². The summed E-state index contributed by atoms with van der Waals surface area (Å²) in [5.41, 5.74) is 0.786. The van der Waals surface area contributed by atoms with Gasteiger partial charge >= 0.3 is 11.9 Å². The second-order valence-corrected chi connectivity index (χ2v) is 9.42. The van der Waals surface area contributed by atoms with Gasteiger partial charge in [-0.15, -0.1) is 11.3 Å². The van der Waals surface area contributed by atoms with Crippen LogP contribution in [0.15, 0.2) is 66.0 Å². The molecular formula is C27H29NO6S. The fraction of sp³-hybridized carbons (Fsp3) is 0.333. The summed E-state index contributed by atoms with van der Waals surface area (Å²) in [6.45, 7) is 1.98. The van der Waals surface area contributed by atoms with E-state index in [2.05, 4.69) is 0 Å². The van der Waals surface area contributed by atoms with E-state index in [0.29, 0.717) is 17.9 Å². The number of ether oxygens (including phenoxy) is 3. The minimum absolute atomic E-state index is 0.181. The van der Waals surface area contributed by atoms with Gasteiger partial charge in [0.15, 0.2) is 5.41 Å². The average Bonchev–Trinajstić information content (AvgIpc) is 3.37. The SMILES string of the molecule is COC(=O)C1(C(=O)OC)CC[C@H](c2cccs2)ON(c2ccc(OC)cc2)[C@@H]1c1ccc(C)cc1. The van der Waals surface area contributed by atoms with Crippen molar-refractivity contribution in [2.75, 3.05) is 26.4 Å². The Labute approximate surface area is 209 Å². The number of anilines is 1. The summed E-state index contributed by atoms with van der Waals surface area (Å²) in [6.07, 6.45) is 0.223. The first-order valence-electron chi connectivity index (χ1n) is 11.3. The number of hydrogen-bond acceptors (Lipinski definition) is 8. The van der Waals surface area contributed by atoms with Gasteiger partial charge in [0.2, 0.25) is 0 Å². The number of benzene rings is 2. The van der Waals surface area contributed by atoms with E-state index in [4.69, 9.17) is 19.0 Å². The Kier molecular flexibility index (Phi) is 7.42. The summed E-state index contributed by atoms with van der Waals surface area (Å²) >= 11 is 1.57. The minimum atomic E-state index is -1.66. The van der Waals surface area contributed by atoms with Crippen LogP contribution in [0.3, 0.4) is 0 Å². The Morgan fingerprint density at radius 2 is 1.63 bits per heavy atom. The fourth-order valence-electron chi connectivity index (χ4n) is 4.60. The molecule has 3 aromatic rings. The number of nitrogens with zero attached hydrogens (tertiary/aromatic N) is 1. The van der Waals surface area contributed by atoms with Gasteiger partial charge in [-0.3, -0.25) is 14.4 Å². The van der Waals surface area contributed by atoms with Gasteiger partial charge in [-0.1, -0.05) is 35.9 Å². The summed E-state index contributed by atoms with van der Waals surface area (Å²) in [5.74, 6) is -0.648. The molecule has 0 radical (unpaired) electrons. The van der Waals surface area contributed by atoms with Gasteiger partial charge in [0, 0.05) is 4.88 Å². The average molecular weight is 496 g/mol. The van der Waals surface area contributed by atoms with Crippen molar-refractivity contribution in [1.29, 1.82) is 0 Å². The van der Waals surface area contributed by atoms with Crippen LogP contribution in [0.25, 0.3) is 0 Å². The van der Waals surface area contributed by atoms with Crippen LogP contribution in [0.2, 0.25) is 0 Å². The number of hydroxylamine groups is 1. The summed E-state index contributed by atoms with van der Waals surface area (Å²) in [6, 6.07) is 18.1. The topological polar surface area (TPSA) is 74.3 Å². The molecule has 0 N–H and O–H groups in total. The largest absolute Gasteiger partial charge is 0.497 e. The van der Waals surface area contributed by atoms with E-state index < -0.39 is 23.4 Å². The predicted molar refractivity (Wildman–Crippen MR) is 133 cm³/mol. The smallest absolute Gasteiger partial charge is 0.325 e. The van der Waals surface area contributed by atoms with Crippen molar-refractivity contribution in [3.63, 3.8) is 0 Å². The maximum Gasteiger partial charge on any atom is 0.325 e. The molecule has 0 aliphatic carbocycles. The third-order valence-corrected chi connectivity index (χ3v) is 7.39. The molecule has 7 nitrogen and oxygen atoms in total. The summed E-state index contributed by atoms with van der Waals surface area (Å²) in [4.78, 5) is 34.7. The predicted octanol–water partition coefficient (Wildman–Crippen LogP) is 5.41. The van der Waals surface area contributed by atoms with E-state index in [1.54, 1.807) is 23.5 Å². The highest BCUT2D eigenvalue weighted by atomic mass is 32.1. The quantitative estimate of drug-likeness (QED) is 0.334. The Balaban J connectivity index is 1.97. The van der Waals surface area contributed by atoms with Crippen LogP contribution in [0.1, 0.15) is 41.0 Å². The van der Waals surface area contributed by atoms with Crippen LogP contribution in [-0.4, -0.2) is 33.3 Å². The lowest BCUT2D eigenvalue weighted by molar-refractivity contribution is -0.172. The van der Waals surface area contributed by atoms with Crippen molar-refractivity contribution < 1.29 is 28.6 Å². The zero-order valence-electron chi connectivity index (χ0n) is 20.2. The van der Waals surface area contributed by atoms with E-state index in [0.717, 1.165) is 16.0 Å². The molecular weight excluding hydrogens is 466 g/mol. The molecule has 1 aliphatic heterocycles. The van der Waals surface area contributed by atoms with Gasteiger partial charge in [0.05, 0.1) is 27.0 Å². The molecule has 0 saturated carbocycles. The van der Waals surface area contributed by atoms with Crippen LogP contribution in [0, 0.1) is 12.3 Å². The Morgan fingerprint density at radius 3 is 2.17 bits per heavy atom. The number of thiophene rings is 1. The number of rotatable bonds is 6. The molecule has 184 valence electrons. The van der Waals surface area contributed by atoms with E-state index in [1.807, 2.05) is 73.0 Å². The Bertz CT molecular complexity index is 1130. The highest BCUT2D eigenvalue weighted by Gasteiger charge is 2.59. The zero-order valence-corrected chi connectivity index (χ0v) is 21.0. The molecule has 1 saturated heterocycles. The van der Waals surface area contributed by atoms with Crippen molar-refractivity contribution >= 4 is 29.0 Å². The Morgan fingerprint density at radius 1 is 0.971 bits per heavy atom. The van der Waals surface area contributed by atoms with Crippen LogP contribution < -0.4 is 9.80 Å². The number of esters is 2. The minimum Gasteiger partial charge on any atom is -0.497 e. The molecule has 0 unspecified atom stereocenters. The van der Waals surface area contributed by atoms with Crippen LogP contribution in [0.4, 0.5) is 5.69 Å². The van der Waals surface area contributed by atoms with Crippen molar-refractivity contribution in [2.45, 2.75) is 31.9 Å². The monoisotopic (exact) mass is 495 g/mol. The van der Waals surface area contributed by atoms with Crippen LogP contribution in [0.5, 0.6) is 5.75 Å². The van der Waals surface area contributed by atoms with Gasteiger partial charge in [-0.05, 0) is 61.0 Å². The molecule has 35 heavy (non-hydrogen) atoms. The third kappa shape index (κ3) is 4.63. The van der Waals surface area contributed by atoms with E-state index in [1.165, 1.54) is 14.2 Å². The fourth-order valence-corrected chi connectivity index (χ4v) is 5.38. The highest BCUT2D eigenvalue weighted by Crippen LogP contribution is 2.51. The van der Waals surface area contributed by atoms with E-state index in [9.17, 15) is 9.59 Å². The maximum absolute atomic E-state index is 13.5. The zero-order chi connectivity index (χ0) is 25.0. The van der Waals surface area contributed by atoms with Gasteiger partial charge in [-0.2, -0.15) is 0 Å². The number of aryl methyl sites for hydroxylation is 1.